The molecule has 1 N–H and O–H groups in total. The molecule has 0 bridgehead atoms. The van der Waals surface area contributed by atoms with E-state index in [1.807, 2.05) is 4.90 Å². The molecule has 23 heavy (non-hydrogen) atoms. The van der Waals surface area contributed by atoms with E-state index in [1.165, 1.54) is 23.1 Å². The third-order valence-corrected chi connectivity index (χ3v) is 6.05. The second kappa shape index (κ2) is 7.32. The van der Waals surface area contributed by atoms with Gasteiger partial charge in [-0.3, -0.25) is 14.9 Å². The fourth-order valence-corrected chi connectivity index (χ4v) is 4.30. The van der Waals surface area contributed by atoms with Crippen LogP contribution in [0.1, 0.15) is 28.2 Å². The van der Waals surface area contributed by atoms with E-state index in [9.17, 15) is 9.59 Å². The predicted octanol–water partition coefficient (Wildman–Crippen LogP) is 1.66. The summed E-state index contributed by atoms with van der Waals surface area (Å²) in [5.74, 6) is 0.179. The molecule has 0 aliphatic carbocycles. The van der Waals surface area contributed by atoms with Crippen LogP contribution in [0.3, 0.4) is 0 Å². The summed E-state index contributed by atoms with van der Waals surface area (Å²) in [4.78, 5) is 26.3. The zero-order valence-corrected chi connectivity index (χ0v) is 14.8. The van der Waals surface area contributed by atoms with E-state index in [4.69, 9.17) is 0 Å². The molecule has 3 heterocycles. The number of carbonyl (C=O) groups is 2. The van der Waals surface area contributed by atoms with Crippen molar-refractivity contribution in [3.05, 3.63) is 10.6 Å². The van der Waals surface area contributed by atoms with Crippen LogP contribution >= 0.6 is 34.6 Å². The smallest absolute Gasteiger partial charge is 0.271 e. The van der Waals surface area contributed by atoms with Crippen molar-refractivity contribution in [3.63, 3.8) is 0 Å². The van der Waals surface area contributed by atoms with Gasteiger partial charge in [0.25, 0.3) is 5.91 Å². The molecule has 3 rings (SSSR count). The van der Waals surface area contributed by atoms with Gasteiger partial charge in [-0.05, 0) is 31.3 Å². The molecule has 2 amide bonds. The van der Waals surface area contributed by atoms with E-state index >= 15 is 0 Å². The summed E-state index contributed by atoms with van der Waals surface area (Å²) in [5.41, 5.74) is 0.586. The molecule has 11 heteroatoms. The maximum absolute atomic E-state index is 12.0. The van der Waals surface area contributed by atoms with Crippen LogP contribution in [0.5, 0.6) is 0 Å². The predicted molar refractivity (Wildman–Crippen MR) is 89.0 cm³/mol. The lowest BCUT2D eigenvalue weighted by Crippen LogP contribution is -2.29. The molecule has 1 aliphatic heterocycles. The van der Waals surface area contributed by atoms with Crippen molar-refractivity contribution in [1.82, 2.24) is 24.7 Å². The fourth-order valence-electron chi connectivity index (χ4n) is 2.09. The maximum Gasteiger partial charge on any atom is 0.271 e. The Kier molecular flexibility index (Phi) is 5.18. The van der Waals surface area contributed by atoms with Crippen molar-refractivity contribution in [2.75, 3.05) is 24.2 Å². The van der Waals surface area contributed by atoms with Gasteiger partial charge in [0, 0.05) is 13.1 Å². The van der Waals surface area contributed by atoms with Crippen molar-refractivity contribution in [2.45, 2.75) is 24.1 Å². The second-order valence-corrected chi connectivity index (χ2v) is 7.85. The van der Waals surface area contributed by atoms with Gasteiger partial charge in [0.05, 0.1) is 11.4 Å². The van der Waals surface area contributed by atoms with Crippen LogP contribution < -0.4 is 5.32 Å². The van der Waals surface area contributed by atoms with Crippen LogP contribution in [0.4, 0.5) is 5.13 Å². The second-order valence-electron chi connectivity index (χ2n) is 4.89. The summed E-state index contributed by atoms with van der Waals surface area (Å²) < 4.78 is 4.39. The Morgan fingerprint density at radius 3 is 2.74 bits per heavy atom. The molecule has 2 aromatic rings. The van der Waals surface area contributed by atoms with E-state index < -0.39 is 0 Å². The first-order valence-corrected chi connectivity index (χ1v) is 9.55. The monoisotopic (exact) mass is 370 g/mol. The number of nitrogens with one attached hydrogen (secondary N) is 1. The number of anilines is 1. The quantitative estimate of drug-likeness (QED) is 0.631. The first kappa shape index (κ1) is 16.3. The molecule has 0 spiro atoms. The van der Waals surface area contributed by atoms with Crippen molar-refractivity contribution in [1.29, 1.82) is 0 Å². The van der Waals surface area contributed by atoms with E-state index in [2.05, 4.69) is 25.1 Å². The minimum atomic E-state index is -0.293. The van der Waals surface area contributed by atoms with E-state index in [0.29, 0.717) is 25.8 Å². The highest BCUT2D eigenvalue weighted by molar-refractivity contribution is 8.01. The molecule has 0 aromatic carbocycles. The Bertz CT molecular complexity index is 709. The Labute approximate surface area is 144 Å². The van der Waals surface area contributed by atoms with Crippen molar-refractivity contribution < 1.29 is 9.59 Å². The molecule has 8 nitrogen and oxygen atoms in total. The lowest BCUT2D eigenvalue weighted by molar-refractivity contribution is -0.127. The van der Waals surface area contributed by atoms with Crippen LogP contribution in [-0.2, 0) is 4.79 Å². The minimum absolute atomic E-state index is 0.125. The first-order valence-electron chi connectivity index (χ1n) is 6.98. The van der Waals surface area contributed by atoms with Gasteiger partial charge in [-0.1, -0.05) is 27.6 Å². The van der Waals surface area contributed by atoms with Gasteiger partial charge in [-0.15, -0.1) is 15.3 Å². The zero-order chi connectivity index (χ0) is 16.2. The number of hydrogen-bond donors (Lipinski definition) is 1. The third kappa shape index (κ3) is 4.03. The largest absolute Gasteiger partial charge is 0.342 e. The van der Waals surface area contributed by atoms with Crippen LogP contribution in [-0.4, -0.2) is 55.3 Å². The summed E-state index contributed by atoms with van der Waals surface area (Å²) in [7, 11) is 0. The summed E-state index contributed by atoms with van der Waals surface area (Å²) in [6.07, 6.45) is 2.16. The van der Waals surface area contributed by atoms with Gasteiger partial charge in [0.2, 0.25) is 11.0 Å². The molecule has 0 atom stereocenters. The standard InChI is InChI=1S/C12H14N6O2S3/c1-7-9(23-17-14-7)10(20)13-11-15-16-12(22-11)21-6-8(19)18-4-2-3-5-18/h2-6H2,1H3,(H,13,15,20). The molecule has 2 aromatic heterocycles. The lowest BCUT2D eigenvalue weighted by atomic mass is 10.4. The van der Waals surface area contributed by atoms with Crippen LogP contribution in [0.15, 0.2) is 4.34 Å². The number of aryl methyl sites for hydroxylation is 1. The normalized spacial score (nSPS) is 14.2. The number of nitrogens with zero attached hydrogens (tertiary/aromatic N) is 5. The van der Waals surface area contributed by atoms with Crippen molar-refractivity contribution in [2.24, 2.45) is 0 Å². The van der Waals surface area contributed by atoms with Gasteiger partial charge in [-0.25, -0.2) is 0 Å². The van der Waals surface area contributed by atoms with Crippen LogP contribution in [0, 0.1) is 6.92 Å². The highest BCUT2D eigenvalue weighted by atomic mass is 32.2. The molecule has 122 valence electrons. The number of hydrogen-bond acceptors (Lipinski definition) is 9. The highest BCUT2D eigenvalue weighted by Crippen LogP contribution is 2.26. The molecule has 1 saturated heterocycles. The van der Waals surface area contributed by atoms with Gasteiger partial charge < -0.3 is 4.90 Å². The molecule has 0 radical (unpaired) electrons. The number of rotatable bonds is 5. The first-order chi connectivity index (χ1) is 11.1. The molecular formula is C12H14N6O2S3. The highest BCUT2D eigenvalue weighted by Gasteiger charge is 2.19. The average molecular weight is 370 g/mol. The Hall–Kier alpha value is -1.59. The van der Waals surface area contributed by atoms with Crippen molar-refractivity contribution >= 4 is 51.6 Å². The van der Waals surface area contributed by atoms with Gasteiger partial charge >= 0.3 is 0 Å². The summed E-state index contributed by atoms with van der Waals surface area (Å²) >= 11 is 3.63. The van der Waals surface area contributed by atoms with Crippen LogP contribution in [0.2, 0.25) is 0 Å². The van der Waals surface area contributed by atoms with E-state index in [-0.39, 0.29) is 11.8 Å². The van der Waals surface area contributed by atoms with Gasteiger partial charge in [0.1, 0.15) is 4.88 Å². The van der Waals surface area contributed by atoms with Crippen molar-refractivity contribution in [3.8, 4) is 0 Å². The Balaban J connectivity index is 1.52. The van der Waals surface area contributed by atoms with Gasteiger partial charge in [0.15, 0.2) is 4.34 Å². The third-order valence-electron chi connectivity index (χ3n) is 3.26. The van der Waals surface area contributed by atoms with Gasteiger partial charge in [-0.2, -0.15) is 0 Å². The Morgan fingerprint density at radius 1 is 1.26 bits per heavy atom. The number of thioether (sulfide) groups is 1. The minimum Gasteiger partial charge on any atom is -0.342 e. The zero-order valence-electron chi connectivity index (χ0n) is 12.3. The fraction of sp³-hybridized carbons (Fsp3) is 0.500. The molecular weight excluding hydrogens is 356 g/mol. The number of carbonyl (C=O) groups excluding carboxylic acids is 2. The maximum atomic E-state index is 12.0. The SMILES string of the molecule is Cc1nnsc1C(=O)Nc1nnc(SCC(=O)N2CCCC2)s1. The molecule has 1 aliphatic rings. The summed E-state index contributed by atoms with van der Waals surface area (Å²) in [6, 6.07) is 0. The topological polar surface area (TPSA) is 101 Å². The molecule has 0 unspecified atom stereocenters. The van der Waals surface area contributed by atoms with E-state index in [0.717, 1.165) is 37.5 Å². The molecule has 1 fully saturated rings. The summed E-state index contributed by atoms with van der Waals surface area (Å²) in [5, 5.41) is 14.8. The number of likely N-dealkylation sites (tertiary alicyclic amines) is 1. The average Bonchev–Trinajstić information content (AvgIpc) is 3.26. The number of amides is 2. The van der Waals surface area contributed by atoms with E-state index in [1.54, 1.807) is 6.92 Å². The summed E-state index contributed by atoms with van der Waals surface area (Å²) in [6.45, 7) is 3.42. The van der Waals surface area contributed by atoms with Crippen LogP contribution in [0.25, 0.3) is 0 Å². The lowest BCUT2D eigenvalue weighted by Gasteiger charge is -2.13. The number of aromatic nitrogens is 4. The Morgan fingerprint density at radius 2 is 2.04 bits per heavy atom. The molecule has 0 saturated carbocycles.